The fourth-order valence-corrected chi connectivity index (χ4v) is 4.95. The summed E-state index contributed by atoms with van der Waals surface area (Å²) in [6, 6.07) is 13.7. The van der Waals surface area contributed by atoms with Gasteiger partial charge in [0.05, 0.1) is 18.0 Å². The van der Waals surface area contributed by atoms with Crippen molar-refractivity contribution in [2.45, 2.75) is 56.1 Å². The summed E-state index contributed by atoms with van der Waals surface area (Å²) in [6.07, 6.45) is 3.72. The molecule has 1 aromatic carbocycles. The van der Waals surface area contributed by atoms with E-state index in [1.54, 1.807) is 6.92 Å². The van der Waals surface area contributed by atoms with Gasteiger partial charge in [-0.25, -0.2) is 0 Å². The average Bonchev–Trinajstić information content (AvgIpc) is 3.40. The van der Waals surface area contributed by atoms with Crippen LogP contribution in [0.3, 0.4) is 0 Å². The molecule has 0 spiro atoms. The topological polar surface area (TPSA) is 59.4 Å². The molecule has 0 radical (unpaired) electrons. The first-order chi connectivity index (χ1) is 12.6. The van der Waals surface area contributed by atoms with Crippen LogP contribution in [-0.2, 0) is 4.79 Å². The summed E-state index contributed by atoms with van der Waals surface area (Å²) in [5, 5.41) is 12.5. The molecule has 1 amide bonds. The van der Waals surface area contributed by atoms with Gasteiger partial charge in [-0.2, -0.15) is 5.26 Å². The highest BCUT2D eigenvalue weighted by molar-refractivity contribution is 5.74. The molecule has 0 aromatic heterocycles. The van der Waals surface area contributed by atoms with Crippen LogP contribution >= 0.6 is 0 Å². The Bertz CT molecular complexity index is 686. The van der Waals surface area contributed by atoms with Gasteiger partial charge in [-0.3, -0.25) is 9.69 Å². The monoisotopic (exact) mass is 352 g/mol. The summed E-state index contributed by atoms with van der Waals surface area (Å²) in [5.41, 5.74) is 1.39. The molecule has 2 unspecified atom stereocenters. The number of nitrogens with zero attached hydrogens (tertiary/aromatic N) is 3. The molecule has 2 atom stereocenters. The van der Waals surface area contributed by atoms with Crippen molar-refractivity contribution in [3.63, 3.8) is 0 Å². The number of hydrogen-bond donors (Lipinski definition) is 1. The molecule has 4 rings (SSSR count). The van der Waals surface area contributed by atoms with Crippen molar-refractivity contribution in [3.8, 4) is 6.07 Å². The van der Waals surface area contributed by atoms with Crippen LogP contribution in [0, 0.1) is 11.3 Å². The molecule has 5 nitrogen and oxygen atoms in total. The molecule has 3 fully saturated rings. The van der Waals surface area contributed by atoms with Crippen molar-refractivity contribution < 1.29 is 4.79 Å². The maximum absolute atomic E-state index is 12.4. The van der Waals surface area contributed by atoms with Gasteiger partial charge in [-0.05, 0) is 24.8 Å². The van der Waals surface area contributed by atoms with Crippen LogP contribution in [0.25, 0.3) is 0 Å². The second kappa shape index (κ2) is 7.02. The Morgan fingerprint density at radius 3 is 2.54 bits per heavy atom. The summed E-state index contributed by atoms with van der Waals surface area (Å²) in [5.74, 6) is 0.711. The predicted octanol–water partition coefficient (Wildman–Crippen LogP) is 2.11. The predicted molar refractivity (Wildman–Crippen MR) is 101 cm³/mol. The molecule has 1 saturated carbocycles. The smallest absolute Gasteiger partial charge is 0.219 e. The highest BCUT2D eigenvalue weighted by atomic mass is 16.2. The van der Waals surface area contributed by atoms with E-state index in [0.717, 1.165) is 45.4 Å². The molecule has 2 saturated heterocycles. The number of piperidine rings is 1. The molecule has 138 valence electrons. The number of nitriles is 1. The number of likely N-dealkylation sites (tertiary alicyclic amines) is 1. The van der Waals surface area contributed by atoms with Crippen LogP contribution < -0.4 is 5.32 Å². The summed E-state index contributed by atoms with van der Waals surface area (Å²) in [7, 11) is 0. The van der Waals surface area contributed by atoms with Crippen molar-refractivity contribution in [1.82, 2.24) is 15.1 Å². The van der Waals surface area contributed by atoms with Crippen molar-refractivity contribution in [3.05, 3.63) is 35.9 Å². The molecular weight excluding hydrogens is 324 g/mol. The molecule has 5 heteroatoms. The van der Waals surface area contributed by atoms with Crippen molar-refractivity contribution in [1.29, 1.82) is 5.26 Å². The second-order valence-corrected chi connectivity index (χ2v) is 8.13. The number of carbonyl (C=O) groups excluding carboxylic acids is 1. The molecule has 3 aliphatic rings. The number of amides is 1. The van der Waals surface area contributed by atoms with E-state index >= 15 is 0 Å². The molecular formula is C21H28N4O. The molecule has 26 heavy (non-hydrogen) atoms. The van der Waals surface area contributed by atoms with Crippen LogP contribution in [0.2, 0.25) is 0 Å². The van der Waals surface area contributed by atoms with E-state index in [2.05, 4.69) is 45.5 Å². The molecule has 2 heterocycles. The summed E-state index contributed by atoms with van der Waals surface area (Å²) in [4.78, 5) is 17.1. The third kappa shape index (κ3) is 3.13. The van der Waals surface area contributed by atoms with Crippen molar-refractivity contribution in [2.75, 3.05) is 26.2 Å². The Morgan fingerprint density at radius 2 is 2.00 bits per heavy atom. The lowest BCUT2D eigenvalue weighted by atomic mass is 9.84. The quantitative estimate of drug-likeness (QED) is 0.882. The highest BCUT2D eigenvalue weighted by Gasteiger charge is 2.48. The Kier molecular flexibility index (Phi) is 4.73. The minimum absolute atomic E-state index is 0.0347. The van der Waals surface area contributed by atoms with Gasteiger partial charge in [0.15, 0.2) is 0 Å². The van der Waals surface area contributed by atoms with Gasteiger partial charge in [0.1, 0.15) is 0 Å². The van der Waals surface area contributed by atoms with Crippen LogP contribution in [-0.4, -0.2) is 59.5 Å². The first-order valence-electron chi connectivity index (χ1n) is 9.81. The maximum Gasteiger partial charge on any atom is 0.219 e. The Morgan fingerprint density at radius 1 is 1.31 bits per heavy atom. The second-order valence-electron chi connectivity index (χ2n) is 8.13. The minimum Gasteiger partial charge on any atom is -0.336 e. The number of hydrogen-bond acceptors (Lipinski definition) is 4. The fraction of sp³-hybridized carbons (Fsp3) is 0.619. The highest BCUT2D eigenvalue weighted by Crippen LogP contribution is 2.46. The molecule has 1 N–H and O–H groups in total. The van der Waals surface area contributed by atoms with Gasteiger partial charge in [0.2, 0.25) is 5.91 Å². The number of carbonyl (C=O) groups is 1. The molecule has 1 aliphatic carbocycles. The molecule has 0 bridgehead atoms. The van der Waals surface area contributed by atoms with E-state index in [1.165, 1.54) is 5.56 Å². The summed E-state index contributed by atoms with van der Waals surface area (Å²) < 4.78 is 0. The summed E-state index contributed by atoms with van der Waals surface area (Å²) in [6.45, 7) is 5.53. The van der Waals surface area contributed by atoms with Crippen LogP contribution in [0.5, 0.6) is 0 Å². The van der Waals surface area contributed by atoms with Gasteiger partial charge < -0.3 is 10.2 Å². The first kappa shape index (κ1) is 17.5. The van der Waals surface area contributed by atoms with Crippen molar-refractivity contribution >= 4 is 5.91 Å². The van der Waals surface area contributed by atoms with Gasteiger partial charge >= 0.3 is 0 Å². The standard InChI is InChI=1S/C21H28N4O/c1-16(26)25(20-13-19(20)17-5-3-2-4-6-17)18-7-11-24(12-8-18)21(9-10-22)14-23-15-21/h2-6,18-20,23H,7-9,11-15H2,1H3. The third-order valence-electron chi connectivity index (χ3n) is 6.55. The van der Waals surface area contributed by atoms with Crippen LogP contribution in [0.1, 0.15) is 44.1 Å². The maximum atomic E-state index is 12.4. The number of nitrogens with one attached hydrogen (secondary N) is 1. The van der Waals surface area contributed by atoms with Gasteiger partial charge in [-0.1, -0.05) is 30.3 Å². The Hall–Kier alpha value is -1.90. The number of rotatable bonds is 5. The molecule has 1 aromatic rings. The van der Waals surface area contributed by atoms with E-state index in [-0.39, 0.29) is 11.4 Å². The minimum atomic E-state index is 0.0347. The SMILES string of the molecule is CC(=O)N(C1CCN(C2(CC#N)CNC2)CC1)C1CC1c1ccccc1. The Labute approximate surface area is 156 Å². The fourth-order valence-electron chi connectivity index (χ4n) is 4.95. The van der Waals surface area contributed by atoms with Crippen LogP contribution in [0.15, 0.2) is 30.3 Å². The van der Waals surface area contributed by atoms with Crippen LogP contribution in [0.4, 0.5) is 0 Å². The van der Waals surface area contributed by atoms with E-state index in [1.807, 2.05) is 6.07 Å². The zero-order valence-corrected chi connectivity index (χ0v) is 15.5. The lowest BCUT2D eigenvalue weighted by Crippen LogP contribution is -2.70. The zero-order chi connectivity index (χ0) is 18.1. The van der Waals surface area contributed by atoms with E-state index < -0.39 is 0 Å². The van der Waals surface area contributed by atoms with E-state index in [4.69, 9.17) is 0 Å². The largest absolute Gasteiger partial charge is 0.336 e. The van der Waals surface area contributed by atoms with Gasteiger partial charge in [0, 0.05) is 51.1 Å². The lowest BCUT2D eigenvalue weighted by Gasteiger charge is -2.52. The van der Waals surface area contributed by atoms with Gasteiger partial charge in [-0.15, -0.1) is 0 Å². The lowest BCUT2D eigenvalue weighted by molar-refractivity contribution is -0.133. The number of benzene rings is 1. The molecule has 2 aliphatic heterocycles. The normalized spacial score (nSPS) is 28.0. The van der Waals surface area contributed by atoms with Gasteiger partial charge in [0.25, 0.3) is 0 Å². The Balaban J connectivity index is 1.39. The summed E-state index contributed by atoms with van der Waals surface area (Å²) >= 11 is 0. The third-order valence-corrected chi connectivity index (χ3v) is 6.55. The zero-order valence-electron chi connectivity index (χ0n) is 15.5. The average molecular weight is 352 g/mol. The van der Waals surface area contributed by atoms with Crippen molar-refractivity contribution in [2.24, 2.45) is 0 Å². The van der Waals surface area contributed by atoms with E-state index in [9.17, 15) is 10.1 Å². The first-order valence-corrected chi connectivity index (χ1v) is 9.81. The van der Waals surface area contributed by atoms with E-state index in [0.29, 0.717) is 24.4 Å².